The van der Waals surface area contributed by atoms with Gasteiger partial charge in [-0.3, -0.25) is 4.79 Å². The summed E-state index contributed by atoms with van der Waals surface area (Å²) < 4.78 is 6.92. The maximum Gasteiger partial charge on any atom is 0.357 e. The van der Waals surface area contributed by atoms with E-state index in [-0.39, 0.29) is 18.6 Å². The van der Waals surface area contributed by atoms with Crippen LogP contribution in [0.25, 0.3) is 16.3 Å². The topological polar surface area (TPSA) is 73.2 Å². The molecule has 4 rings (SSSR count). The zero-order valence-corrected chi connectivity index (χ0v) is 17.7. The summed E-state index contributed by atoms with van der Waals surface area (Å²) in [4.78, 5) is 26.1. The van der Waals surface area contributed by atoms with Gasteiger partial charge in [0.25, 0.3) is 5.91 Å². The molecule has 2 heterocycles. The Morgan fingerprint density at radius 1 is 1.17 bits per heavy atom. The van der Waals surface area contributed by atoms with E-state index in [0.717, 1.165) is 29.8 Å². The highest BCUT2D eigenvalue weighted by atomic mass is 32.1. The molecule has 0 spiro atoms. The van der Waals surface area contributed by atoms with Crippen molar-refractivity contribution in [3.63, 3.8) is 0 Å². The molecule has 0 aliphatic heterocycles. The summed E-state index contributed by atoms with van der Waals surface area (Å²) >= 11 is 1.55. The Hall–Kier alpha value is -2.93. The Kier molecular flexibility index (Phi) is 6.28. The number of ether oxygens (including phenoxy) is 1. The summed E-state index contributed by atoms with van der Waals surface area (Å²) in [5.74, 6) is -0.376. The molecule has 2 atom stereocenters. The van der Waals surface area contributed by atoms with Crippen LogP contribution < -0.4 is 5.32 Å². The van der Waals surface area contributed by atoms with Crippen LogP contribution in [0, 0.1) is 5.92 Å². The second-order valence-corrected chi connectivity index (χ2v) is 8.60. The van der Waals surface area contributed by atoms with Crippen LogP contribution in [-0.2, 0) is 9.53 Å². The summed E-state index contributed by atoms with van der Waals surface area (Å²) in [6.45, 7) is 1.86. The van der Waals surface area contributed by atoms with E-state index in [1.807, 2.05) is 47.8 Å². The highest BCUT2D eigenvalue weighted by molar-refractivity contribution is 7.13. The molecule has 1 N–H and O–H groups in total. The summed E-state index contributed by atoms with van der Waals surface area (Å²) in [6, 6.07) is 15.2. The van der Waals surface area contributed by atoms with Crippen LogP contribution in [0.1, 0.15) is 43.1 Å². The lowest BCUT2D eigenvalue weighted by molar-refractivity contribution is -0.125. The SMILES string of the molecule is C[C@H]1CCCC[C@@H]1NC(=O)COC(=O)c1cc(-c2cccs2)nn1-c1ccccc1. The van der Waals surface area contributed by atoms with E-state index in [4.69, 9.17) is 4.74 Å². The number of benzene rings is 1. The van der Waals surface area contributed by atoms with Crippen molar-refractivity contribution in [2.75, 3.05) is 6.61 Å². The van der Waals surface area contributed by atoms with Gasteiger partial charge in [-0.1, -0.05) is 44.0 Å². The van der Waals surface area contributed by atoms with Gasteiger partial charge in [-0.2, -0.15) is 5.10 Å². The van der Waals surface area contributed by atoms with Crippen molar-refractivity contribution in [1.29, 1.82) is 0 Å². The number of carbonyl (C=O) groups is 2. The van der Waals surface area contributed by atoms with Gasteiger partial charge in [0.05, 0.1) is 10.6 Å². The number of esters is 1. The minimum Gasteiger partial charge on any atom is -0.451 e. The number of para-hydroxylation sites is 1. The molecular weight excluding hydrogens is 398 g/mol. The Morgan fingerprint density at radius 3 is 2.70 bits per heavy atom. The average molecular weight is 424 g/mol. The van der Waals surface area contributed by atoms with Crippen LogP contribution >= 0.6 is 11.3 Å². The minimum atomic E-state index is -0.569. The fraction of sp³-hybridized carbons (Fsp3) is 0.348. The molecule has 0 radical (unpaired) electrons. The first kappa shape index (κ1) is 20.3. The normalized spacial score (nSPS) is 18.7. The number of aromatic nitrogens is 2. The van der Waals surface area contributed by atoms with E-state index in [2.05, 4.69) is 17.3 Å². The monoisotopic (exact) mass is 423 g/mol. The van der Waals surface area contributed by atoms with E-state index < -0.39 is 5.97 Å². The predicted molar refractivity (Wildman–Crippen MR) is 117 cm³/mol. The Balaban J connectivity index is 1.48. The maximum atomic E-state index is 12.8. The van der Waals surface area contributed by atoms with E-state index in [9.17, 15) is 9.59 Å². The Labute approximate surface area is 179 Å². The fourth-order valence-electron chi connectivity index (χ4n) is 3.82. The van der Waals surface area contributed by atoms with Crippen LogP contribution in [0.3, 0.4) is 0 Å². The molecule has 30 heavy (non-hydrogen) atoms. The largest absolute Gasteiger partial charge is 0.451 e. The second-order valence-electron chi connectivity index (χ2n) is 7.65. The summed E-state index contributed by atoms with van der Waals surface area (Å²) in [6.07, 6.45) is 4.42. The molecule has 0 unspecified atom stereocenters. The second kappa shape index (κ2) is 9.26. The van der Waals surface area contributed by atoms with Crippen molar-refractivity contribution >= 4 is 23.2 Å². The summed E-state index contributed by atoms with van der Waals surface area (Å²) in [7, 11) is 0. The minimum absolute atomic E-state index is 0.158. The molecular formula is C23H25N3O3S. The number of rotatable bonds is 6. The molecule has 2 aromatic heterocycles. The molecule has 0 bridgehead atoms. The molecule has 1 fully saturated rings. The summed E-state index contributed by atoms with van der Waals surface area (Å²) in [5.41, 5.74) is 1.75. The smallest absolute Gasteiger partial charge is 0.357 e. The fourth-order valence-corrected chi connectivity index (χ4v) is 4.50. The van der Waals surface area contributed by atoms with Gasteiger partial charge in [-0.15, -0.1) is 11.3 Å². The van der Waals surface area contributed by atoms with Gasteiger partial charge < -0.3 is 10.1 Å². The van der Waals surface area contributed by atoms with Gasteiger partial charge in [-0.05, 0) is 42.3 Å². The van der Waals surface area contributed by atoms with Crippen molar-refractivity contribution in [3.05, 3.63) is 59.6 Å². The van der Waals surface area contributed by atoms with Crippen molar-refractivity contribution in [2.45, 2.75) is 38.6 Å². The van der Waals surface area contributed by atoms with Crippen molar-refractivity contribution in [2.24, 2.45) is 5.92 Å². The van der Waals surface area contributed by atoms with E-state index in [0.29, 0.717) is 17.3 Å². The third-order valence-corrected chi connectivity index (χ3v) is 6.38. The van der Waals surface area contributed by atoms with E-state index in [1.165, 1.54) is 6.42 Å². The van der Waals surface area contributed by atoms with Gasteiger partial charge in [0.15, 0.2) is 12.3 Å². The van der Waals surface area contributed by atoms with Gasteiger partial charge >= 0.3 is 5.97 Å². The molecule has 6 nitrogen and oxygen atoms in total. The number of nitrogens with zero attached hydrogens (tertiary/aromatic N) is 2. The van der Waals surface area contributed by atoms with Gasteiger partial charge in [-0.25, -0.2) is 9.48 Å². The Bertz CT molecular complexity index is 998. The third kappa shape index (κ3) is 4.62. The number of carbonyl (C=O) groups excluding carboxylic acids is 2. The highest BCUT2D eigenvalue weighted by Crippen LogP contribution is 2.26. The van der Waals surface area contributed by atoms with Crippen LogP contribution in [0.5, 0.6) is 0 Å². The third-order valence-electron chi connectivity index (χ3n) is 5.49. The molecule has 156 valence electrons. The van der Waals surface area contributed by atoms with Crippen LogP contribution in [-0.4, -0.2) is 34.3 Å². The lowest BCUT2D eigenvalue weighted by Gasteiger charge is -2.29. The first-order valence-corrected chi connectivity index (χ1v) is 11.2. The van der Waals surface area contributed by atoms with E-state index >= 15 is 0 Å². The van der Waals surface area contributed by atoms with Crippen LogP contribution in [0.4, 0.5) is 0 Å². The average Bonchev–Trinajstić information content (AvgIpc) is 3.44. The molecule has 1 aromatic carbocycles. The number of thiophene rings is 1. The number of amides is 1. The zero-order valence-electron chi connectivity index (χ0n) is 16.9. The first-order chi connectivity index (χ1) is 14.6. The quantitative estimate of drug-likeness (QED) is 0.595. The number of hydrogen-bond acceptors (Lipinski definition) is 5. The van der Waals surface area contributed by atoms with Gasteiger partial charge in [0, 0.05) is 12.1 Å². The molecule has 7 heteroatoms. The number of hydrogen-bond donors (Lipinski definition) is 1. The molecule has 0 saturated heterocycles. The van der Waals surface area contributed by atoms with Crippen LogP contribution in [0.15, 0.2) is 53.9 Å². The highest BCUT2D eigenvalue weighted by Gasteiger charge is 2.24. The van der Waals surface area contributed by atoms with E-state index in [1.54, 1.807) is 22.1 Å². The van der Waals surface area contributed by atoms with Crippen LogP contribution in [0.2, 0.25) is 0 Å². The maximum absolute atomic E-state index is 12.8. The Morgan fingerprint density at radius 2 is 1.97 bits per heavy atom. The lowest BCUT2D eigenvalue weighted by Crippen LogP contribution is -2.42. The lowest BCUT2D eigenvalue weighted by atomic mass is 9.86. The predicted octanol–water partition coefficient (Wildman–Crippen LogP) is 4.45. The van der Waals surface area contributed by atoms with Crippen molar-refractivity contribution in [3.8, 4) is 16.3 Å². The van der Waals surface area contributed by atoms with Gasteiger partial charge in [0.1, 0.15) is 5.69 Å². The molecule has 1 saturated carbocycles. The molecule has 1 aliphatic rings. The van der Waals surface area contributed by atoms with Crippen molar-refractivity contribution in [1.82, 2.24) is 15.1 Å². The van der Waals surface area contributed by atoms with Crippen molar-refractivity contribution < 1.29 is 14.3 Å². The number of nitrogens with one attached hydrogen (secondary N) is 1. The molecule has 1 aliphatic carbocycles. The molecule has 1 amide bonds. The first-order valence-electron chi connectivity index (χ1n) is 10.3. The standard InChI is InChI=1S/C23H25N3O3S/c1-16-8-5-6-11-18(16)24-22(27)15-29-23(28)20-14-19(21-12-7-13-30-21)25-26(20)17-9-3-2-4-10-17/h2-4,7,9-10,12-14,16,18H,5-6,8,11,15H2,1H3,(H,24,27)/t16-,18-/m0/s1. The van der Waals surface area contributed by atoms with Gasteiger partial charge in [0.2, 0.25) is 0 Å². The molecule has 3 aromatic rings. The zero-order chi connectivity index (χ0) is 20.9. The summed E-state index contributed by atoms with van der Waals surface area (Å²) in [5, 5.41) is 9.58.